The molecule has 0 aromatic heterocycles. The summed E-state index contributed by atoms with van der Waals surface area (Å²) in [6, 6.07) is 8.22. The number of benzene rings is 1. The van der Waals surface area contributed by atoms with E-state index in [1.165, 1.54) is 0 Å². The van der Waals surface area contributed by atoms with Crippen LogP contribution in [-0.2, 0) is 0 Å². The Hall–Kier alpha value is -0.570. The lowest BCUT2D eigenvalue weighted by atomic mass is 9.89. The van der Waals surface area contributed by atoms with Crippen molar-refractivity contribution in [3.8, 4) is 0 Å². The Balaban J connectivity index is 2.13. The molecule has 1 fully saturated rings. The van der Waals surface area contributed by atoms with Crippen LogP contribution in [0.15, 0.2) is 24.3 Å². The second-order valence-electron chi connectivity index (χ2n) is 4.10. The van der Waals surface area contributed by atoms with Crippen molar-refractivity contribution in [2.45, 2.75) is 18.9 Å². The minimum atomic E-state index is 0.280. The van der Waals surface area contributed by atoms with Crippen LogP contribution in [0.3, 0.4) is 0 Å². The first kappa shape index (κ1) is 10.9. The number of rotatable bonds is 2. The van der Waals surface area contributed by atoms with Gasteiger partial charge in [-0.2, -0.15) is 0 Å². The number of nitrogens with one attached hydrogen (secondary N) is 1. The van der Waals surface area contributed by atoms with Gasteiger partial charge in [0, 0.05) is 17.7 Å². The largest absolute Gasteiger partial charge is 0.396 e. The van der Waals surface area contributed by atoms with E-state index in [4.69, 9.17) is 16.7 Å². The normalized spacial score (nSPS) is 26.5. The Morgan fingerprint density at radius 1 is 1.40 bits per heavy atom. The molecule has 2 unspecified atom stereocenters. The highest BCUT2D eigenvalue weighted by Gasteiger charge is 2.23. The zero-order chi connectivity index (χ0) is 10.7. The van der Waals surface area contributed by atoms with Gasteiger partial charge in [-0.15, -0.1) is 0 Å². The Bertz CT molecular complexity index is 329. The molecule has 2 N–H and O–H groups in total. The van der Waals surface area contributed by atoms with Crippen LogP contribution in [0.2, 0.25) is 5.02 Å². The van der Waals surface area contributed by atoms with Crippen molar-refractivity contribution in [3.05, 3.63) is 34.9 Å². The number of hydrogen-bond acceptors (Lipinski definition) is 2. The van der Waals surface area contributed by atoms with Gasteiger partial charge in [-0.25, -0.2) is 0 Å². The average Bonchev–Trinajstić information content (AvgIpc) is 2.30. The molecule has 0 saturated carbocycles. The van der Waals surface area contributed by atoms with Gasteiger partial charge in [-0.3, -0.25) is 0 Å². The van der Waals surface area contributed by atoms with E-state index in [0.717, 1.165) is 30.0 Å². The number of halogens is 1. The minimum Gasteiger partial charge on any atom is -0.396 e. The minimum absolute atomic E-state index is 0.280. The third-order valence-corrected chi connectivity index (χ3v) is 3.40. The van der Waals surface area contributed by atoms with E-state index in [2.05, 4.69) is 11.4 Å². The molecule has 3 heteroatoms. The van der Waals surface area contributed by atoms with Crippen molar-refractivity contribution in [1.29, 1.82) is 0 Å². The molecule has 1 aliphatic rings. The quantitative estimate of drug-likeness (QED) is 0.810. The van der Waals surface area contributed by atoms with E-state index >= 15 is 0 Å². The first-order valence-electron chi connectivity index (χ1n) is 5.40. The summed E-state index contributed by atoms with van der Waals surface area (Å²) in [5, 5.41) is 13.4. The molecule has 0 amide bonds. The Kier molecular flexibility index (Phi) is 3.62. The van der Waals surface area contributed by atoms with Gasteiger partial charge in [0.2, 0.25) is 0 Å². The molecule has 1 aromatic rings. The summed E-state index contributed by atoms with van der Waals surface area (Å²) in [5.74, 6) is 0.410. The summed E-state index contributed by atoms with van der Waals surface area (Å²) in [6.45, 7) is 1.24. The fourth-order valence-corrected chi connectivity index (χ4v) is 2.42. The van der Waals surface area contributed by atoms with E-state index in [-0.39, 0.29) is 6.61 Å². The van der Waals surface area contributed by atoms with Crippen LogP contribution in [0.25, 0.3) is 0 Å². The van der Waals surface area contributed by atoms with Crippen molar-refractivity contribution in [2.75, 3.05) is 13.2 Å². The van der Waals surface area contributed by atoms with E-state index in [1.807, 2.05) is 18.2 Å². The summed E-state index contributed by atoms with van der Waals surface area (Å²) in [4.78, 5) is 0. The van der Waals surface area contributed by atoms with Crippen LogP contribution < -0.4 is 5.32 Å². The third-order valence-electron chi connectivity index (χ3n) is 3.05. The number of piperidine rings is 1. The summed E-state index contributed by atoms with van der Waals surface area (Å²) >= 11 is 6.15. The zero-order valence-electron chi connectivity index (χ0n) is 8.62. The van der Waals surface area contributed by atoms with Crippen LogP contribution in [-0.4, -0.2) is 18.3 Å². The number of aliphatic hydroxyl groups is 1. The van der Waals surface area contributed by atoms with Gasteiger partial charge in [0.15, 0.2) is 0 Å². The van der Waals surface area contributed by atoms with Gasteiger partial charge in [0.1, 0.15) is 0 Å². The first-order valence-corrected chi connectivity index (χ1v) is 5.77. The van der Waals surface area contributed by atoms with Crippen molar-refractivity contribution in [1.82, 2.24) is 5.32 Å². The molecule has 2 rings (SSSR count). The molecule has 0 aliphatic carbocycles. The summed E-state index contributed by atoms with van der Waals surface area (Å²) < 4.78 is 0. The molecule has 1 heterocycles. The molecule has 1 aromatic carbocycles. The van der Waals surface area contributed by atoms with E-state index in [0.29, 0.717) is 12.0 Å². The van der Waals surface area contributed by atoms with Crippen molar-refractivity contribution < 1.29 is 5.11 Å². The van der Waals surface area contributed by atoms with Crippen LogP contribution in [0.1, 0.15) is 24.4 Å². The van der Waals surface area contributed by atoms with E-state index < -0.39 is 0 Å². The van der Waals surface area contributed by atoms with Gasteiger partial charge in [0.25, 0.3) is 0 Å². The highest BCUT2D eigenvalue weighted by Crippen LogP contribution is 2.30. The van der Waals surface area contributed by atoms with Crippen LogP contribution in [0.5, 0.6) is 0 Å². The number of aliphatic hydroxyl groups excluding tert-OH is 1. The lowest BCUT2D eigenvalue weighted by Crippen LogP contribution is -2.33. The van der Waals surface area contributed by atoms with Crippen molar-refractivity contribution in [2.24, 2.45) is 5.92 Å². The third kappa shape index (κ3) is 2.51. The highest BCUT2D eigenvalue weighted by atomic mass is 35.5. The monoisotopic (exact) mass is 225 g/mol. The van der Waals surface area contributed by atoms with Crippen molar-refractivity contribution in [3.63, 3.8) is 0 Å². The smallest absolute Gasteiger partial charge is 0.0460 e. The fraction of sp³-hybridized carbons (Fsp3) is 0.500. The lowest BCUT2D eigenvalue weighted by Gasteiger charge is -2.30. The van der Waals surface area contributed by atoms with E-state index in [9.17, 15) is 0 Å². The Labute approximate surface area is 95.3 Å². The highest BCUT2D eigenvalue weighted by molar-refractivity contribution is 6.31. The second-order valence-corrected chi connectivity index (χ2v) is 4.51. The topological polar surface area (TPSA) is 32.3 Å². The standard InChI is InChI=1S/C12H16ClNO/c13-11-4-2-1-3-10(11)12-7-9(8-15)5-6-14-12/h1-4,9,12,14-15H,5-8H2. The van der Waals surface area contributed by atoms with Gasteiger partial charge in [-0.05, 0) is 36.9 Å². The molecule has 2 atom stereocenters. The Morgan fingerprint density at radius 3 is 2.93 bits per heavy atom. The van der Waals surface area contributed by atoms with Gasteiger partial charge in [0.05, 0.1) is 0 Å². The SMILES string of the molecule is OCC1CCNC(c2ccccc2Cl)C1. The summed E-state index contributed by atoms with van der Waals surface area (Å²) in [5.41, 5.74) is 1.15. The summed E-state index contributed by atoms with van der Waals surface area (Å²) in [7, 11) is 0. The maximum absolute atomic E-state index is 9.16. The summed E-state index contributed by atoms with van der Waals surface area (Å²) in [6.07, 6.45) is 2.03. The lowest BCUT2D eigenvalue weighted by molar-refractivity contribution is 0.176. The molecule has 0 radical (unpaired) electrons. The van der Waals surface area contributed by atoms with Crippen LogP contribution in [0, 0.1) is 5.92 Å². The van der Waals surface area contributed by atoms with Gasteiger partial charge >= 0.3 is 0 Å². The van der Waals surface area contributed by atoms with Gasteiger partial charge < -0.3 is 10.4 Å². The molecule has 1 aliphatic heterocycles. The molecule has 0 spiro atoms. The van der Waals surface area contributed by atoms with Crippen molar-refractivity contribution >= 4 is 11.6 Å². The maximum Gasteiger partial charge on any atom is 0.0460 e. The Morgan fingerprint density at radius 2 is 2.20 bits per heavy atom. The predicted molar refractivity (Wildman–Crippen MR) is 62.0 cm³/mol. The second kappa shape index (κ2) is 4.97. The zero-order valence-corrected chi connectivity index (χ0v) is 9.37. The molecule has 0 bridgehead atoms. The van der Waals surface area contributed by atoms with Crippen LogP contribution >= 0.6 is 11.6 Å². The van der Waals surface area contributed by atoms with E-state index in [1.54, 1.807) is 0 Å². The van der Waals surface area contributed by atoms with Gasteiger partial charge in [-0.1, -0.05) is 29.8 Å². The fourth-order valence-electron chi connectivity index (χ4n) is 2.16. The van der Waals surface area contributed by atoms with Crippen LogP contribution in [0.4, 0.5) is 0 Å². The molecule has 2 nitrogen and oxygen atoms in total. The molecular formula is C12H16ClNO. The molecule has 1 saturated heterocycles. The number of hydrogen-bond donors (Lipinski definition) is 2. The predicted octanol–water partition coefficient (Wildman–Crippen LogP) is 2.37. The first-order chi connectivity index (χ1) is 7.31. The molecular weight excluding hydrogens is 210 g/mol. The maximum atomic E-state index is 9.16. The molecule has 15 heavy (non-hydrogen) atoms. The molecule has 82 valence electrons. The average molecular weight is 226 g/mol.